The first kappa shape index (κ1) is 20.1. The minimum Gasteiger partial charge on any atom is -0.349 e. The number of likely N-dealkylation sites (tertiary alicyclic amines) is 1. The van der Waals surface area contributed by atoms with Crippen LogP contribution in [0.3, 0.4) is 0 Å². The number of carbonyl (C=O) groups is 1. The van der Waals surface area contributed by atoms with Gasteiger partial charge in [0.25, 0.3) is 5.91 Å². The number of rotatable bonds is 6. The first-order chi connectivity index (χ1) is 14.0. The van der Waals surface area contributed by atoms with E-state index in [4.69, 9.17) is 11.6 Å². The van der Waals surface area contributed by atoms with Crippen molar-refractivity contribution < 1.29 is 4.79 Å². The normalized spacial score (nSPS) is 15.6. The number of pyridine rings is 1. The minimum absolute atomic E-state index is 0.180. The SMILES string of the molecule is Cc1cc(C)n(-c2ccc(Cl)c(C(=O)NCC(c3cccs3)N3CCCC3)n2)n1. The van der Waals surface area contributed by atoms with E-state index in [1.165, 1.54) is 17.7 Å². The Morgan fingerprint density at radius 2 is 2.07 bits per heavy atom. The number of thiophene rings is 1. The smallest absolute Gasteiger partial charge is 0.271 e. The van der Waals surface area contributed by atoms with Gasteiger partial charge in [-0.15, -0.1) is 11.3 Å². The van der Waals surface area contributed by atoms with Crippen LogP contribution in [-0.4, -0.2) is 45.2 Å². The molecule has 1 amide bonds. The molecule has 0 bridgehead atoms. The second kappa shape index (κ2) is 8.65. The number of hydrogen-bond acceptors (Lipinski definition) is 5. The largest absolute Gasteiger partial charge is 0.349 e. The number of nitrogens with zero attached hydrogens (tertiary/aromatic N) is 4. The standard InChI is InChI=1S/C21H24ClN5OS/c1-14-12-15(2)27(25-14)19-8-7-16(22)20(24-19)21(28)23-13-17(18-6-5-11-29-18)26-9-3-4-10-26/h5-8,11-12,17H,3-4,9-10,13H2,1-2H3,(H,23,28). The average molecular weight is 430 g/mol. The van der Waals surface area contributed by atoms with Gasteiger partial charge in [0.2, 0.25) is 0 Å². The highest BCUT2D eigenvalue weighted by Crippen LogP contribution is 2.28. The van der Waals surface area contributed by atoms with E-state index in [0.29, 0.717) is 17.4 Å². The fraction of sp³-hybridized carbons (Fsp3) is 0.381. The summed E-state index contributed by atoms with van der Waals surface area (Å²) in [6, 6.07) is 9.82. The molecule has 1 N–H and O–H groups in total. The van der Waals surface area contributed by atoms with Gasteiger partial charge in [-0.2, -0.15) is 5.10 Å². The van der Waals surface area contributed by atoms with Crippen molar-refractivity contribution in [2.45, 2.75) is 32.7 Å². The number of nitrogens with one attached hydrogen (secondary N) is 1. The second-order valence-electron chi connectivity index (χ2n) is 7.32. The predicted octanol–water partition coefficient (Wildman–Crippen LogP) is 4.17. The lowest BCUT2D eigenvalue weighted by Gasteiger charge is -2.26. The fourth-order valence-corrected chi connectivity index (χ4v) is 4.84. The molecule has 0 spiro atoms. The van der Waals surface area contributed by atoms with Crippen molar-refractivity contribution in [3.05, 3.63) is 62.7 Å². The summed E-state index contributed by atoms with van der Waals surface area (Å²) in [5.74, 6) is 0.318. The van der Waals surface area contributed by atoms with Crippen molar-refractivity contribution >= 4 is 28.8 Å². The van der Waals surface area contributed by atoms with Gasteiger partial charge < -0.3 is 5.32 Å². The molecule has 1 atom stereocenters. The molecule has 1 fully saturated rings. The zero-order chi connectivity index (χ0) is 20.4. The van der Waals surface area contributed by atoms with Crippen LogP contribution < -0.4 is 5.32 Å². The second-order valence-corrected chi connectivity index (χ2v) is 8.71. The molecule has 0 aliphatic carbocycles. The van der Waals surface area contributed by atoms with E-state index in [1.807, 2.05) is 19.9 Å². The van der Waals surface area contributed by atoms with Crippen LogP contribution in [0.1, 0.15) is 45.6 Å². The summed E-state index contributed by atoms with van der Waals surface area (Å²) in [4.78, 5) is 21.1. The van der Waals surface area contributed by atoms with Crippen molar-refractivity contribution in [3.63, 3.8) is 0 Å². The summed E-state index contributed by atoms with van der Waals surface area (Å²) in [6.07, 6.45) is 2.40. The highest BCUT2D eigenvalue weighted by molar-refractivity contribution is 7.10. The number of aryl methyl sites for hydroxylation is 2. The molecule has 0 saturated carbocycles. The molecule has 6 nitrogen and oxygen atoms in total. The Morgan fingerprint density at radius 3 is 2.72 bits per heavy atom. The molecular weight excluding hydrogens is 406 g/mol. The summed E-state index contributed by atoms with van der Waals surface area (Å²) >= 11 is 8.03. The van der Waals surface area contributed by atoms with Gasteiger partial charge in [0.15, 0.2) is 5.82 Å². The third-order valence-corrected chi connectivity index (χ3v) is 6.46. The topological polar surface area (TPSA) is 63.1 Å². The number of hydrogen-bond donors (Lipinski definition) is 1. The Labute approximate surface area is 179 Å². The molecule has 1 aliphatic heterocycles. The maximum Gasteiger partial charge on any atom is 0.271 e. The third-order valence-electron chi connectivity index (χ3n) is 5.18. The number of carbonyl (C=O) groups excluding carboxylic acids is 1. The molecule has 0 radical (unpaired) electrons. The molecule has 3 aromatic heterocycles. The Hall–Kier alpha value is -2.22. The van der Waals surface area contributed by atoms with E-state index in [-0.39, 0.29) is 17.6 Å². The van der Waals surface area contributed by atoms with Crippen LogP contribution in [0.25, 0.3) is 5.82 Å². The van der Waals surface area contributed by atoms with E-state index in [9.17, 15) is 4.79 Å². The van der Waals surface area contributed by atoms with Crippen LogP contribution in [0.15, 0.2) is 35.7 Å². The zero-order valence-corrected chi connectivity index (χ0v) is 18.1. The van der Waals surface area contributed by atoms with Gasteiger partial charge in [-0.25, -0.2) is 9.67 Å². The van der Waals surface area contributed by atoms with Gasteiger partial charge in [-0.1, -0.05) is 17.7 Å². The Kier molecular flexibility index (Phi) is 5.99. The van der Waals surface area contributed by atoms with Crippen molar-refractivity contribution in [2.24, 2.45) is 0 Å². The van der Waals surface area contributed by atoms with E-state index in [1.54, 1.807) is 28.2 Å². The van der Waals surface area contributed by atoms with Crippen LogP contribution in [0.5, 0.6) is 0 Å². The van der Waals surface area contributed by atoms with E-state index >= 15 is 0 Å². The van der Waals surface area contributed by atoms with Gasteiger partial charge in [-0.3, -0.25) is 9.69 Å². The van der Waals surface area contributed by atoms with E-state index in [2.05, 4.69) is 37.8 Å². The molecule has 4 rings (SSSR count). The maximum absolute atomic E-state index is 12.9. The molecule has 1 unspecified atom stereocenters. The summed E-state index contributed by atoms with van der Waals surface area (Å²) < 4.78 is 1.72. The number of amides is 1. The molecule has 152 valence electrons. The summed E-state index contributed by atoms with van der Waals surface area (Å²) in [5.41, 5.74) is 2.08. The molecule has 1 saturated heterocycles. The maximum atomic E-state index is 12.9. The van der Waals surface area contributed by atoms with Crippen molar-refractivity contribution in [3.8, 4) is 5.82 Å². The monoisotopic (exact) mass is 429 g/mol. The summed E-state index contributed by atoms with van der Waals surface area (Å²) in [6.45, 7) is 6.53. The minimum atomic E-state index is -0.265. The first-order valence-corrected chi connectivity index (χ1v) is 11.0. The van der Waals surface area contributed by atoms with Crippen LogP contribution in [-0.2, 0) is 0 Å². The lowest BCUT2D eigenvalue weighted by Crippen LogP contribution is -2.36. The van der Waals surface area contributed by atoms with Gasteiger partial charge in [0, 0.05) is 17.1 Å². The lowest BCUT2D eigenvalue weighted by atomic mass is 10.2. The van der Waals surface area contributed by atoms with Crippen LogP contribution in [0.4, 0.5) is 0 Å². The van der Waals surface area contributed by atoms with Gasteiger partial charge >= 0.3 is 0 Å². The first-order valence-electron chi connectivity index (χ1n) is 9.79. The highest BCUT2D eigenvalue weighted by Gasteiger charge is 2.25. The quantitative estimate of drug-likeness (QED) is 0.638. The number of aromatic nitrogens is 3. The summed E-state index contributed by atoms with van der Waals surface area (Å²) in [5, 5.41) is 9.91. The Balaban J connectivity index is 1.53. The molecule has 3 aromatic rings. The predicted molar refractivity (Wildman–Crippen MR) is 116 cm³/mol. The average Bonchev–Trinajstić information content (AvgIpc) is 3.45. The van der Waals surface area contributed by atoms with Crippen LogP contribution in [0.2, 0.25) is 5.02 Å². The van der Waals surface area contributed by atoms with Gasteiger partial charge in [0.05, 0.1) is 16.8 Å². The fourth-order valence-electron chi connectivity index (χ4n) is 3.79. The Morgan fingerprint density at radius 1 is 1.28 bits per heavy atom. The lowest BCUT2D eigenvalue weighted by molar-refractivity contribution is 0.0933. The molecule has 4 heterocycles. The molecule has 0 aromatic carbocycles. The van der Waals surface area contributed by atoms with Crippen molar-refractivity contribution in [1.82, 2.24) is 25.0 Å². The van der Waals surface area contributed by atoms with Crippen LogP contribution >= 0.6 is 22.9 Å². The molecule has 1 aliphatic rings. The van der Waals surface area contributed by atoms with Crippen molar-refractivity contribution in [2.75, 3.05) is 19.6 Å². The highest BCUT2D eigenvalue weighted by atomic mass is 35.5. The molecule has 8 heteroatoms. The molecular formula is C21H24ClN5OS. The Bertz CT molecular complexity index is 995. The van der Waals surface area contributed by atoms with E-state index in [0.717, 1.165) is 24.5 Å². The van der Waals surface area contributed by atoms with Gasteiger partial charge in [0.1, 0.15) is 5.69 Å². The van der Waals surface area contributed by atoms with Crippen LogP contribution in [0, 0.1) is 13.8 Å². The number of halogens is 1. The van der Waals surface area contributed by atoms with Crippen molar-refractivity contribution in [1.29, 1.82) is 0 Å². The summed E-state index contributed by atoms with van der Waals surface area (Å²) in [7, 11) is 0. The van der Waals surface area contributed by atoms with E-state index < -0.39 is 0 Å². The zero-order valence-electron chi connectivity index (χ0n) is 16.6. The third kappa shape index (κ3) is 4.37. The van der Waals surface area contributed by atoms with Gasteiger partial charge in [-0.05, 0) is 69.4 Å². The molecule has 29 heavy (non-hydrogen) atoms.